The summed E-state index contributed by atoms with van der Waals surface area (Å²) in [6, 6.07) is 4.88. The van der Waals surface area contributed by atoms with Crippen LogP contribution in [0, 0.1) is 17.7 Å². The van der Waals surface area contributed by atoms with Crippen molar-refractivity contribution in [1.82, 2.24) is 9.03 Å². The molecule has 1 saturated heterocycles. The smallest absolute Gasteiger partial charge is 0.213 e. The first-order valence-corrected chi connectivity index (χ1v) is 11.2. The third-order valence-corrected chi connectivity index (χ3v) is 6.72. The Morgan fingerprint density at radius 3 is 2.25 bits per heavy atom. The molecule has 0 aliphatic carbocycles. The SMILES string of the molecule is CC(C)[C@@H]1CN(S(=O)(=O)Cc2ccc(F)cc2)C[C@H]1NS(C)(=O)=O. The minimum absolute atomic E-state index is 0.0947. The average molecular weight is 378 g/mol. The van der Waals surface area contributed by atoms with Crippen LogP contribution in [0.15, 0.2) is 24.3 Å². The van der Waals surface area contributed by atoms with Gasteiger partial charge in [0, 0.05) is 19.1 Å². The molecule has 1 aliphatic heterocycles. The van der Waals surface area contributed by atoms with Crippen LogP contribution in [0.2, 0.25) is 0 Å². The van der Waals surface area contributed by atoms with Crippen molar-refractivity contribution in [3.8, 4) is 0 Å². The zero-order chi connectivity index (χ0) is 18.1. The highest BCUT2D eigenvalue weighted by atomic mass is 32.2. The van der Waals surface area contributed by atoms with Gasteiger partial charge in [-0.2, -0.15) is 4.31 Å². The lowest BCUT2D eigenvalue weighted by Gasteiger charge is -2.21. The lowest BCUT2D eigenvalue weighted by Crippen LogP contribution is -2.41. The second-order valence-electron chi connectivity index (χ2n) is 6.60. The Balaban J connectivity index is 2.17. The van der Waals surface area contributed by atoms with E-state index in [1.54, 1.807) is 0 Å². The van der Waals surface area contributed by atoms with E-state index in [4.69, 9.17) is 0 Å². The molecule has 1 aliphatic rings. The van der Waals surface area contributed by atoms with Crippen molar-refractivity contribution in [1.29, 1.82) is 0 Å². The van der Waals surface area contributed by atoms with Crippen LogP contribution < -0.4 is 4.72 Å². The van der Waals surface area contributed by atoms with Crippen molar-refractivity contribution in [2.45, 2.75) is 25.6 Å². The second kappa shape index (κ2) is 7.07. The Kier molecular flexibility index (Phi) is 5.68. The first-order valence-electron chi connectivity index (χ1n) is 7.67. The van der Waals surface area contributed by atoms with E-state index in [9.17, 15) is 21.2 Å². The first kappa shape index (κ1) is 19.3. The molecule has 0 saturated carbocycles. The summed E-state index contributed by atoms with van der Waals surface area (Å²) in [5.41, 5.74) is 0.497. The van der Waals surface area contributed by atoms with E-state index in [0.717, 1.165) is 6.26 Å². The van der Waals surface area contributed by atoms with Gasteiger partial charge in [-0.1, -0.05) is 26.0 Å². The van der Waals surface area contributed by atoms with Gasteiger partial charge in [-0.15, -0.1) is 0 Å². The summed E-state index contributed by atoms with van der Waals surface area (Å²) in [6.45, 7) is 4.27. The fourth-order valence-electron chi connectivity index (χ4n) is 2.98. The molecule has 2 atom stereocenters. The van der Waals surface area contributed by atoms with E-state index >= 15 is 0 Å². The zero-order valence-electron chi connectivity index (χ0n) is 13.9. The van der Waals surface area contributed by atoms with Gasteiger partial charge in [0.15, 0.2) is 0 Å². The van der Waals surface area contributed by atoms with Crippen LogP contribution in [0.3, 0.4) is 0 Å². The molecule has 1 fully saturated rings. The maximum Gasteiger partial charge on any atom is 0.218 e. The van der Waals surface area contributed by atoms with E-state index < -0.39 is 31.9 Å². The molecule has 0 bridgehead atoms. The quantitative estimate of drug-likeness (QED) is 0.805. The molecule has 1 heterocycles. The summed E-state index contributed by atoms with van der Waals surface area (Å²) in [6.07, 6.45) is 1.07. The number of sulfonamides is 2. The summed E-state index contributed by atoms with van der Waals surface area (Å²) in [5.74, 6) is -0.614. The van der Waals surface area contributed by atoms with Crippen LogP contribution in [-0.2, 0) is 25.8 Å². The molecule has 2 rings (SSSR count). The molecule has 0 amide bonds. The number of halogens is 1. The van der Waals surface area contributed by atoms with Gasteiger partial charge in [-0.3, -0.25) is 0 Å². The maximum absolute atomic E-state index is 12.9. The predicted molar refractivity (Wildman–Crippen MR) is 90.7 cm³/mol. The van der Waals surface area contributed by atoms with Crippen molar-refractivity contribution >= 4 is 20.0 Å². The van der Waals surface area contributed by atoms with Gasteiger partial charge in [-0.05, 0) is 29.5 Å². The molecule has 0 radical (unpaired) electrons. The molecular formula is C15H23FN2O4S2. The summed E-state index contributed by atoms with van der Waals surface area (Å²) in [7, 11) is -7.02. The van der Waals surface area contributed by atoms with Gasteiger partial charge in [-0.25, -0.2) is 25.9 Å². The van der Waals surface area contributed by atoms with E-state index in [-0.39, 0.29) is 30.7 Å². The minimum Gasteiger partial charge on any atom is -0.213 e. The summed E-state index contributed by atoms with van der Waals surface area (Å²) < 4.78 is 65.1. The molecule has 136 valence electrons. The Morgan fingerprint density at radius 1 is 1.17 bits per heavy atom. The van der Waals surface area contributed by atoms with Crippen molar-refractivity contribution in [2.75, 3.05) is 19.3 Å². The summed E-state index contributed by atoms with van der Waals surface area (Å²) in [5, 5.41) is 0. The lowest BCUT2D eigenvalue weighted by atomic mass is 9.92. The highest BCUT2D eigenvalue weighted by Gasteiger charge is 2.41. The molecule has 0 unspecified atom stereocenters. The van der Waals surface area contributed by atoms with E-state index in [1.807, 2.05) is 13.8 Å². The van der Waals surface area contributed by atoms with Crippen LogP contribution >= 0.6 is 0 Å². The lowest BCUT2D eigenvalue weighted by molar-refractivity contribution is 0.355. The third-order valence-electron chi connectivity index (χ3n) is 4.21. The van der Waals surface area contributed by atoms with Crippen molar-refractivity contribution in [2.24, 2.45) is 11.8 Å². The molecule has 24 heavy (non-hydrogen) atoms. The van der Waals surface area contributed by atoms with Crippen molar-refractivity contribution in [3.05, 3.63) is 35.6 Å². The fourth-order valence-corrected chi connectivity index (χ4v) is 5.36. The highest BCUT2D eigenvalue weighted by molar-refractivity contribution is 7.89. The number of nitrogens with one attached hydrogen (secondary N) is 1. The van der Waals surface area contributed by atoms with Crippen LogP contribution in [0.4, 0.5) is 4.39 Å². The zero-order valence-corrected chi connectivity index (χ0v) is 15.6. The van der Waals surface area contributed by atoms with Gasteiger partial charge in [0.25, 0.3) is 0 Å². The molecule has 6 nitrogen and oxygen atoms in total. The van der Waals surface area contributed by atoms with Gasteiger partial charge >= 0.3 is 0 Å². The molecule has 0 aromatic heterocycles. The monoisotopic (exact) mass is 378 g/mol. The Hall–Kier alpha value is -1.03. The van der Waals surface area contributed by atoms with Crippen LogP contribution in [0.1, 0.15) is 19.4 Å². The molecule has 9 heteroatoms. The van der Waals surface area contributed by atoms with Crippen molar-refractivity contribution in [3.63, 3.8) is 0 Å². The van der Waals surface area contributed by atoms with Crippen LogP contribution in [0.5, 0.6) is 0 Å². The predicted octanol–water partition coefficient (Wildman–Crippen LogP) is 1.16. The van der Waals surface area contributed by atoms with Gasteiger partial charge in [0.2, 0.25) is 20.0 Å². The highest BCUT2D eigenvalue weighted by Crippen LogP contribution is 2.28. The topological polar surface area (TPSA) is 83.6 Å². The fraction of sp³-hybridized carbons (Fsp3) is 0.600. The Labute approximate surface area is 143 Å². The number of hydrogen-bond acceptors (Lipinski definition) is 4. The van der Waals surface area contributed by atoms with Crippen molar-refractivity contribution < 1.29 is 21.2 Å². The average Bonchev–Trinajstić information content (AvgIpc) is 2.84. The minimum atomic E-state index is -3.60. The largest absolute Gasteiger partial charge is 0.218 e. The normalized spacial score (nSPS) is 23.0. The number of rotatable bonds is 6. The first-order chi connectivity index (χ1) is 11.0. The van der Waals surface area contributed by atoms with E-state index in [1.165, 1.54) is 28.6 Å². The Morgan fingerprint density at radius 2 is 1.75 bits per heavy atom. The van der Waals surface area contributed by atoms with Crippen LogP contribution in [0.25, 0.3) is 0 Å². The van der Waals surface area contributed by atoms with Crippen LogP contribution in [-0.4, -0.2) is 46.5 Å². The molecule has 1 N–H and O–H groups in total. The third kappa shape index (κ3) is 4.98. The second-order valence-corrected chi connectivity index (χ2v) is 10.4. The van der Waals surface area contributed by atoms with Gasteiger partial charge < -0.3 is 0 Å². The number of nitrogens with zero attached hydrogens (tertiary/aromatic N) is 1. The van der Waals surface area contributed by atoms with Gasteiger partial charge in [0.05, 0.1) is 12.0 Å². The standard InChI is InChI=1S/C15H23FN2O4S2/c1-11(2)14-8-18(9-15(14)17-23(3,19)20)24(21,22)10-12-4-6-13(16)7-5-12/h4-7,11,14-15,17H,8-10H2,1-3H3/t14-,15+/m0/s1. The molecular weight excluding hydrogens is 355 g/mol. The summed E-state index contributed by atoms with van der Waals surface area (Å²) in [4.78, 5) is 0. The van der Waals surface area contributed by atoms with Gasteiger partial charge in [0.1, 0.15) is 5.82 Å². The Bertz CT molecular complexity index is 776. The number of hydrogen-bond donors (Lipinski definition) is 1. The van der Waals surface area contributed by atoms with E-state index in [0.29, 0.717) is 5.56 Å². The number of benzene rings is 1. The molecule has 0 spiro atoms. The maximum atomic E-state index is 12.9. The van der Waals surface area contributed by atoms with E-state index in [2.05, 4.69) is 4.72 Å². The molecule has 1 aromatic rings. The molecule has 1 aromatic carbocycles. The summed E-state index contributed by atoms with van der Waals surface area (Å²) >= 11 is 0.